The largest absolute Gasteiger partial charge is 0.490 e. The molecule has 0 bridgehead atoms. The van der Waals surface area contributed by atoms with Gasteiger partial charge < -0.3 is 4.74 Å². The Morgan fingerprint density at radius 1 is 1.24 bits per heavy atom. The fourth-order valence-corrected chi connectivity index (χ4v) is 3.70. The van der Waals surface area contributed by atoms with Gasteiger partial charge in [0, 0.05) is 16.1 Å². The van der Waals surface area contributed by atoms with E-state index >= 15 is 0 Å². The maximum atomic E-state index is 12.6. The molecule has 0 spiro atoms. The number of thioether (sulfide) groups is 1. The van der Waals surface area contributed by atoms with E-state index in [1.165, 1.54) is 31.4 Å². The predicted octanol–water partition coefficient (Wildman–Crippen LogP) is 4.29. The molecule has 0 atom stereocenters. The van der Waals surface area contributed by atoms with Gasteiger partial charge in [-0.2, -0.15) is 0 Å². The molecule has 1 saturated heterocycles. The van der Waals surface area contributed by atoms with Crippen LogP contribution in [0.4, 0.5) is 10.5 Å². The van der Waals surface area contributed by atoms with Gasteiger partial charge >= 0.3 is 5.69 Å². The summed E-state index contributed by atoms with van der Waals surface area (Å²) < 4.78 is 5.75. The van der Waals surface area contributed by atoms with Gasteiger partial charge in [-0.3, -0.25) is 29.4 Å². The second-order valence-corrected chi connectivity index (χ2v) is 7.80. The molecule has 0 aliphatic carbocycles. The summed E-state index contributed by atoms with van der Waals surface area (Å²) in [5, 5.41) is 10.6. The topological polar surface area (TPSA) is 107 Å². The number of hydrogen-bond donors (Lipinski definition) is 0. The number of Topliss-reactive ketones (excluding diaryl/α,β-unsaturated/α-hetero) is 1. The normalized spacial score (nSPS) is 15.1. The Kier molecular flexibility index (Phi) is 6.14. The number of benzene rings is 2. The van der Waals surface area contributed by atoms with Gasteiger partial charge in [0.2, 0.25) is 0 Å². The van der Waals surface area contributed by atoms with Crippen LogP contribution in [0, 0.1) is 10.1 Å². The first-order valence-electron chi connectivity index (χ1n) is 8.16. The fraction of sp³-hybridized carbons (Fsp3) is 0.105. The zero-order valence-corrected chi connectivity index (χ0v) is 17.4. The van der Waals surface area contributed by atoms with Gasteiger partial charge in [0.05, 0.1) is 23.5 Å². The lowest BCUT2D eigenvalue weighted by molar-refractivity contribution is -0.385. The number of carbonyl (C=O) groups is 3. The van der Waals surface area contributed by atoms with Crippen molar-refractivity contribution < 1.29 is 24.0 Å². The first kappa shape index (κ1) is 20.7. The summed E-state index contributed by atoms with van der Waals surface area (Å²) in [5.41, 5.74) is 0.482. The number of carbonyl (C=O) groups excluding carboxylic acids is 3. The van der Waals surface area contributed by atoms with Crippen molar-refractivity contribution in [3.63, 3.8) is 0 Å². The van der Waals surface area contributed by atoms with Gasteiger partial charge in [0.1, 0.15) is 0 Å². The van der Waals surface area contributed by atoms with Crippen molar-refractivity contribution >= 4 is 56.4 Å². The fourth-order valence-electron chi connectivity index (χ4n) is 2.60. The van der Waals surface area contributed by atoms with Gasteiger partial charge in [0.25, 0.3) is 11.1 Å². The molecule has 1 fully saturated rings. The highest BCUT2D eigenvalue weighted by molar-refractivity contribution is 9.10. The summed E-state index contributed by atoms with van der Waals surface area (Å²) in [6.07, 6.45) is 1.38. The van der Waals surface area contributed by atoms with Crippen LogP contribution in [0.5, 0.6) is 5.75 Å². The molecular formula is C19H13BrN2O6S. The van der Waals surface area contributed by atoms with E-state index in [2.05, 4.69) is 15.9 Å². The predicted molar refractivity (Wildman–Crippen MR) is 111 cm³/mol. The van der Waals surface area contributed by atoms with Crippen molar-refractivity contribution in [2.45, 2.75) is 0 Å². The number of halogens is 1. The summed E-state index contributed by atoms with van der Waals surface area (Å²) in [6.45, 7) is -0.383. The minimum Gasteiger partial charge on any atom is -0.490 e. The molecule has 2 aromatic carbocycles. The quantitative estimate of drug-likeness (QED) is 0.265. The SMILES string of the molecule is COc1ccc(/C=C2/SC(=O)N(CC(=O)c3ccc(Br)cc3)C2=O)cc1[N+](=O)[O-]. The molecule has 0 N–H and O–H groups in total. The minimum absolute atomic E-state index is 0.0815. The van der Waals surface area contributed by atoms with Crippen molar-refractivity contribution in [2.75, 3.05) is 13.7 Å². The highest BCUT2D eigenvalue weighted by Gasteiger charge is 2.36. The van der Waals surface area contributed by atoms with Crippen LogP contribution in [-0.4, -0.2) is 40.4 Å². The molecule has 1 aliphatic rings. The molecule has 0 unspecified atom stereocenters. The van der Waals surface area contributed by atoms with Crippen LogP contribution in [-0.2, 0) is 4.79 Å². The monoisotopic (exact) mass is 476 g/mol. The number of ketones is 1. The summed E-state index contributed by atoms with van der Waals surface area (Å²) in [5.74, 6) is -0.912. The van der Waals surface area contributed by atoms with Crippen LogP contribution in [0.25, 0.3) is 6.08 Å². The molecule has 8 nitrogen and oxygen atoms in total. The third kappa shape index (κ3) is 4.54. The highest BCUT2D eigenvalue weighted by atomic mass is 79.9. The number of hydrogen-bond acceptors (Lipinski definition) is 7. The average Bonchev–Trinajstić information content (AvgIpc) is 2.95. The molecular weight excluding hydrogens is 464 g/mol. The van der Waals surface area contributed by atoms with Crippen molar-refractivity contribution in [1.82, 2.24) is 4.90 Å². The van der Waals surface area contributed by atoms with Crippen LogP contribution in [0.3, 0.4) is 0 Å². The van der Waals surface area contributed by atoms with E-state index in [0.717, 1.165) is 9.37 Å². The van der Waals surface area contributed by atoms with E-state index < -0.39 is 16.1 Å². The van der Waals surface area contributed by atoms with Gasteiger partial charge in [-0.25, -0.2) is 0 Å². The van der Waals surface area contributed by atoms with E-state index in [-0.39, 0.29) is 28.7 Å². The number of amides is 2. The van der Waals surface area contributed by atoms with E-state index in [4.69, 9.17) is 4.74 Å². The molecule has 2 amide bonds. The number of nitrogens with zero attached hydrogens (tertiary/aromatic N) is 2. The second-order valence-electron chi connectivity index (χ2n) is 5.89. The Morgan fingerprint density at radius 3 is 2.55 bits per heavy atom. The molecule has 0 aromatic heterocycles. The van der Waals surface area contributed by atoms with Crippen LogP contribution in [0.15, 0.2) is 51.8 Å². The summed E-state index contributed by atoms with van der Waals surface area (Å²) in [7, 11) is 1.32. The molecule has 2 aromatic rings. The van der Waals surface area contributed by atoms with Gasteiger partial charge in [-0.05, 0) is 41.6 Å². The molecule has 10 heteroatoms. The molecule has 29 heavy (non-hydrogen) atoms. The maximum Gasteiger partial charge on any atom is 0.311 e. The molecule has 0 saturated carbocycles. The lowest BCUT2D eigenvalue weighted by Gasteiger charge is -2.11. The smallest absolute Gasteiger partial charge is 0.311 e. The third-order valence-corrected chi connectivity index (χ3v) is 5.47. The van der Waals surface area contributed by atoms with Gasteiger partial charge in [0.15, 0.2) is 11.5 Å². The van der Waals surface area contributed by atoms with Crippen molar-refractivity contribution in [2.24, 2.45) is 0 Å². The van der Waals surface area contributed by atoms with Gasteiger partial charge in [-0.15, -0.1) is 0 Å². The van der Waals surface area contributed by atoms with E-state index in [0.29, 0.717) is 22.9 Å². The first-order chi connectivity index (χ1) is 13.8. The van der Waals surface area contributed by atoms with E-state index in [9.17, 15) is 24.5 Å². The zero-order chi connectivity index (χ0) is 21.1. The van der Waals surface area contributed by atoms with Gasteiger partial charge in [-0.1, -0.05) is 34.1 Å². The highest BCUT2D eigenvalue weighted by Crippen LogP contribution is 2.34. The summed E-state index contributed by atoms with van der Waals surface area (Å²) >= 11 is 3.95. The lowest BCUT2D eigenvalue weighted by Crippen LogP contribution is -2.33. The molecule has 3 rings (SSSR count). The van der Waals surface area contributed by atoms with Crippen LogP contribution in [0.1, 0.15) is 15.9 Å². The standard InChI is InChI=1S/C19H13BrN2O6S/c1-28-16-7-2-11(8-14(16)22(26)27)9-17-18(24)21(19(25)29-17)10-15(23)12-3-5-13(20)6-4-12/h2-9H,10H2,1H3/b17-9+. The maximum absolute atomic E-state index is 12.6. The Labute approximate surface area is 177 Å². The zero-order valence-electron chi connectivity index (χ0n) is 15.0. The average molecular weight is 477 g/mol. The first-order valence-corrected chi connectivity index (χ1v) is 9.77. The number of ether oxygens (including phenoxy) is 1. The molecule has 148 valence electrons. The van der Waals surface area contributed by atoms with Crippen LogP contribution >= 0.6 is 27.7 Å². The number of rotatable bonds is 6. The number of methoxy groups -OCH3 is 1. The molecule has 1 aliphatic heterocycles. The molecule has 1 heterocycles. The second kappa shape index (κ2) is 8.58. The summed E-state index contributed by atoms with van der Waals surface area (Å²) in [4.78, 5) is 48.7. The van der Waals surface area contributed by atoms with Crippen LogP contribution in [0.2, 0.25) is 0 Å². The van der Waals surface area contributed by atoms with E-state index in [1.807, 2.05) is 0 Å². The number of nitro groups is 1. The Hall–Kier alpha value is -2.98. The summed E-state index contributed by atoms with van der Waals surface area (Å²) in [6, 6.07) is 10.8. The minimum atomic E-state index is -0.621. The van der Waals surface area contributed by atoms with E-state index in [1.54, 1.807) is 24.3 Å². The van der Waals surface area contributed by atoms with Crippen molar-refractivity contribution in [3.05, 3.63) is 73.1 Å². The Balaban J connectivity index is 1.81. The van der Waals surface area contributed by atoms with Crippen molar-refractivity contribution in [1.29, 1.82) is 0 Å². The number of nitro benzene ring substituents is 1. The number of imide groups is 1. The van der Waals surface area contributed by atoms with Crippen molar-refractivity contribution in [3.8, 4) is 5.75 Å². The Bertz CT molecular complexity index is 1050. The molecule has 0 radical (unpaired) electrons. The lowest BCUT2D eigenvalue weighted by atomic mass is 10.1. The van der Waals surface area contributed by atoms with Crippen LogP contribution < -0.4 is 4.74 Å². The third-order valence-electron chi connectivity index (χ3n) is 4.04. The Morgan fingerprint density at radius 2 is 1.93 bits per heavy atom.